The number of aryl methyl sites for hydroxylation is 1. The van der Waals surface area contributed by atoms with Gasteiger partial charge in [-0.05, 0) is 42.9 Å². The van der Waals surface area contributed by atoms with Crippen molar-refractivity contribution in [3.05, 3.63) is 58.4 Å². The van der Waals surface area contributed by atoms with Crippen molar-refractivity contribution in [1.29, 1.82) is 0 Å². The van der Waals surface area contributed by atoms with E-state index >= 15 is 0 Å². The molecule has 2 unspecified atom stereocenters. The normalized spacial score (nSPS) is 16.9. The molecule has 0 saturated carbocycles. The molecule has 0 aliphatic heterocycles. The summed E-state index contributed by atoms with van der Waals surface area (Å²) in [6, 6.07) is 8.47. The molecule has 0 bridgehead atoms. The summed E-state index contributed by atoms with van der Waals surface area (Å²) in [6.45, 7) is 6.59. The van der Waals surface area contributed by atoms with E-state index in [1.807, 2.05) is 13.8 Å². The Morgan fingerprint density at radius 3 is 2.28 bits per heavy atom. The van der Waals surface area contributed by atoms with Gasteiger partial charge in [0.25, 0.3) is 0 Å². The molecule has 0 saturated heterocycles. The lowest BCUT2D eigenvalue weighted by molar-refractivity contribution is -0.142. The van der Waals surface area contributed by atoms with Gasteiger partial charge in [0.1, 0.15) is 5.76 Å². The highest BCUT2D eigenvalue weighted by Crippen LogP contribution is 2.36. The number of hydrogen-bond acceptors (Lipinski definition) is 3. The maximum atomic E-state index is 14.2. The van der Waals surface area contributed by atoms with Gasteiger partial charge in [0.15, 0.2) is 17.9 Å². The largest absolute Gasteiger partial charge is 0.498 e. The lowest BCUT2D eigenvalue weighted by Crippen LogP contribution is -2.20. The van der Waals surface area contributed by atoms with Gasteiger partial charge in [0.05, 0.1) is 20.3 Å². The first-order valence-electron chi connectivity index (χ1n) is 10.6. The molecule has 162 valence electrons. The summed E-state index contributed by atoms with van der Waals surface area (Å²) < 4.78 is 44.5. The minimum absolute atomic E-state index is 0.0763. The number of allylic oxidation sites excluding steroid dienone is 3. The number of rotatable bonds is 12. The van der Waals surface area contributed by atoms with E-state index in [4.69, 9.17) is 14.2 Å². The van der Waals surface area contributed by atoms with E-state index < -0.39 is 17.9 Å². The second-order valence-electron chi connectivity index (χ2n) is 7.67. The fourth-order valence-electron chi connectivity index (χ4n) is 3.41. The molecular weight excluding hydrogens is 374 g/mol. The van der Waals surface area contributed by atoms with Crippen LogP contribution in [0.1, 0.15) is 64.0 Å². The number of unbranched alkanes of at least 4 members (excludes halogenated alkanes) is 2. The zero-order valence-corrected chi connectivity index (χ0v) is 18.1. The van der Waals surface area contributed by atoms with Crippen molar-refractivity contribution in [3.8, 4) is 0 Å². The Balaban J connectivity index is 1.76. The summed E-state index contributed by atoms with van der Waals surface area (Å²) in [4.78, 5) is 0. The third-order valence-corrected chi connectivity index (χ3v) is 5.34. The van der Waals surface area contributed by atoms with Crippen LogP contribution in [-0.2, 0) is 27.2 Å². The lowest BCUT2D eigenvalue weighted by Gasteiger charge is -2.23. The van der Waals surface area contributed by atoms with Crippen LogP contribution in [0.2, 0.25) is 0 Å². The molecule has 0 spiro atoms. The molecule has 1 aromatic rings. The van der Waals surface area contributed by atoms with Crippen LogP contribution in [0.5, 0.6) is 0 Å². The van der Waals surface area contributed by atoms with Crippen molar-refractivity contribution in [3.63, 3.8) is 0 Å². The fourth-order valence-corrected chi connectivity index (χ4v) is 3.41. The van der Waals surface area contributed by atoms with Crippen molar-refractivity contribution >= 4 is 0 Å². The molecule has 1 aliphatic carbocycles. The van der Waals surface area contributed by atoms with Gasteiger partial charge in [0, 0.05) is 12.3 Å². The van der Waals surface area contributed by atoms with Crippen LogP contribution in [-0.4, -0.2) is 20.0 Å². The smallest absolute Gasteiger partial charge is 0.196 e. The van der Waals surface area contributed by atoms with Crippen LogP contribution < -0.4 is 0 Å². The van der Waals surface area contributed by atoms with E-state index in [1.54, 1.807) is 0 Å². The molecular formula is C24H34F2O3. The Morgan fingerprint density at radius 1 is 0.931 bits per heavy atom. The van der Waals surface area contributed by atoms with E-state index in [0.29, 0.717) is 25.0 Å². The molecule has 0 aromatic heterocycles. The van der Waals surface area contributed by atoms with E-state index in [1.165, 1.54) is 31.9 Å². The molecule has 0 N–H and O–H groups in total. The molecule has 3 nitrogen and oxygen atoms in total. The highest BCUT2D eigenvalue weighted by Gasteiger charge is 2.26. The molecule has 0 heterocycles. The highest BCUT2D eigenvalue weighted by molar-refractivity contribution is 5.33. The average Bonchev–Trinajstić information content (AvgIpc) is 2.73. The minimum atomic E-state index is -0.886. The topological polar surface area (TPSA) is 27.7 Å². The maximum absolute atomic E-state index is 14.2. The first-order valence-corrected chi connectivity index (χ1v) is 10.6. The summed E-state index contributed by atoms with van der Waals surface area (Å²) >= 11 is 0. The van der Waals surface area contributed by atoms with Crippen molar-refractivity contribution in [1.82, 2.24) is 0 Å². The van der Waals surface area contributed by atoms with Crippen molar-refractivity contribution in [2.24, 2.45) is 5.92 Å². The van der Waals surface area contributed by atoms with Gasteiger partial charge < -0.3 is 14.2 Å². The number of hydrogen-bond donors (Lipinski definition) is 0. The molecule has 0 amide bonds. The number of benzene rings is 1. The standard InChI is InChI=1S/C24H34F2O3/c1-5-6-7-8-19-9-11-20(12-10-19)16-29-18(3)28-15-17(2)21-13-14-22(27-4)24(26)23(21)25/h9-12,17-18H,5-8,13-16H2,1-4H3. The van der Waals surface area contributed by atoms with E-state index in [-0.39, 0.29) is 18.3 Å². The van der Waals surface area contributed by atoms with Crippen LogP contribution in [0.3, 0.4) is 0 Å². The molecule has 1 aliphatic rings. The summed E-state index contributed by atoms with van der Waals surface area (Å²) in [6.07, 6.45) is 5.20. The summed E-state index contributed by atoms with van der Waals surface area (Å²) in [5.41, 5.74) is 2.88. The van der Waals surface area contributed by atoms with Crippen LogP contribution >= 0.6 is 0 Å². The van der Waals surface area contributed by atoms with Gasteiger partial charge in [-0.1, -0.05) is 51.0 Å². The quantitative estimate of drug-likeness (QED) is 0.282. The first-order chi connectivity index (χ1) is 14.0. The van der Waals surface area contributed by atoms with E-state index in [0.717, 1.165) is 12.0 Å². The Bertz CT molecular complexity index is 695. The lowest BCUT2D eigenvalue weighted by atomic mass is 9.92. The first kappa shape index (κ1) is 23.6. The predicted octanol–water partition coefficient (Wildman–Crippen LogP) is 6.78. The van der Waals surface area contributed by atoms with Gasteiger partial charge in [-0.3, -0.25) is 0 Å². The molecule has 1 aromatic carbocycles. The van der Waals surface area contributed by atoms with Crippen LogP contribution in [0.15, 0.2) is 47.3 Å². The van der Waals surface area contributed by atoms with E-state index in [9.17, 15) is 8.78 Å². The molecule has 2 rings (SSSR count). The van der Waals surface area contributed by atoms with Gasteiger partial charge in [-0.2, -0.15) is 0 Å². The Morgan fingerprint density at radius 2 is 1.62 bits per heavy atom. The average molecular weight is 409 g/mol. The summed E-state index contributed by atoms with van der Waals surface area (Å²) in [5, 5.41) is 0. The maximum Gasteiger partial charge on any atom is 0.196 e. The van der Waals surface area contributed by atoms with Crippen LogP contribution in [0.25, 0.3) is 0 Å². The second kappa shape index (κ2) is 12.1. The molecule has 5 heteroatoms. The molecule has 2 atom stereocenters. The molecule has 0 fully saturated rings. The molecule has 0 radical (unpaired) electrons. The van der Waals surface area contributed by atoms with Crippen molar-refractivity contribution in [2.45, 2.75) is 72.2 Å². The predicted molar refractivity (Wildman–Crippen MR) is 112 cm³/mol. The number of methoxy groups -OCH3 is 1. The van der Waals surface area contributed by atoms with Crippen molar-refractivity contribution in [2.75, 3.05) is 13.7 Å². The second-order valence-corrected chi connectivity index (χ2v) is 7.67. The summed E-state index contributed by atoms with van der Waals surface area (Å²) in [7, 11) is 1.36. The van der Waals surface area contributed by atoms with Gasteiger partial charge in [-0.25, -0.2) is 8.78 Å². The van der Waals surface area contributed by atoms with Gasteiger partial charge in [0.2, 0.25) is 0 Å². The van der Waals surface area contributed by atoms with Gasteiger partial charge in [-0.15, -0.1) is 0 Å². The van der Waals surface area contributed by atoms with Crippen molar-refractivity contribution < 1.29 is 23.0 Å². The Labute approximate surface area is 173 Å². The third kappa shape index (κ3) is 7.23. The fraction of sp³-hybridized carbons (Fsp3) is 0.583. The van der Waals surface area contributed by atoms with E-state index in [2.05, 4.69) is 31.2 Å². The summed E-state index contributed by atoms with van der Waals surface area (Å²) in [5.74, 6) is -1.85. The highest BCUT2D eigenvalue weighted by atomic mass is 19.2. The monoisotopic (exact) mass is 408 g/mol. The zero-order chi connectivity index (χ0) is 21.2. The number of halogens is 2. The minimum Gasteiger partial charge on any atom is -0.498 e. The Hall–Kier alpha value is -1.72. The van der Waals surface area contributed by atoms with Gasteiger partial charge >= 0.3 is 0 Å². The van der Waals surface area contributed by atoms with Crippen LogP contribution in [0.4, 0.5) is 8.78 Å². The zero-order valence-electron chi connectivity index (χ0n) is 18.1. The third-order valence-electron chi connectivity index (χ3n) is 5.34. The molecule has 29 heavy (non-hydrogen) atoms. The Kier molecular flexibility index (Phi) is 9.82. The number of ether oxygens (including phenoxy) is 3. The van der Waals surface area contributed by atoms with Crippen LogP contribution in [0, 0.1) is 5.92 Å². The SMILES string of the molecule is CCCCCc1ccc(COC(C)OCC(C)C2=C(F)C(F)=C(OC)CC2)cc1.